The molecule has 0 bridgehead atoms. The molecule has 0 saturated carbocycles. The van der Waals surface area contributed by atoms with Crippen molar-refractivity contribution in [1.82, 2.24) is 0 Å². The van der Waals surface area contributed by atoms with Crippen LogP contribution in [0.3, 0.4) is 0 Å². The van der Waals surface area contributed by atoms with Gasteiger partial charge in [-0.05, 0) is 24.6 Å². The number of carboxylic acids is 1. The predicted molar refractivity (Wildman–Crippen MR) is 58.5 cm³/mol. The SMILES string of the molecule is COCCNc1cc(C)ccc1C(=O)O. The summed E-state index contributed by atoms with van der Waals surface area (Å²) in [5.74, 6) is -0.921. The molecule has 0 spiro atoms. The van der Waals surface area contributed by atoms with E-state index < -0.39 is 5.97 Å². The second-order valence-corrected chi connectivity index (χ2v) is 3.27. The van der Waals surface area contributed by atoms with E-state index in [-0.39, 0.29) is 5.56 Å². The van der Waals surface area contributed by atoms with Crippen LogP contribution in [0.15, 0.2) is 18.2 Å². The van der Waals surface area contributed by atoms with Crippen molar-refractivity contribution in [1.29, 1.82) is 0 Å². The third kappa shape index (κ3) is 3.25. The first-order valence-electron chi connectivity index (χ1n) is 4.72. The first kappa shape index (κ1) is 11.5. The highest BCUT2D eigenvalue weighted by molar-refractivity contribution is 5.94. The van der Waals surface area contributed by atoms with Crippen molar-refractivity contribution in [3.8, 4) is 0 Å². The molecule has 0 atom stereocenters. The van der Waals surface area contributed by atoms with Crippen molar-refractivity contribution in [3.05, 3.63) is 29.3 Å². The molecule has 0 aliphatic heterocycles. The average Bonchev–Trinajstić information content (AvgIpc) is 2.18. The monoisotopic (exact) mass is 209 g/mol. The van der Waals surface area contributed by atoms with Crippen LogP contribution < -0.4 is 5.32 Å². The van der Waals surface area contributed by atoms with Crippen LogP contribution in [0.25, 0.3) is 0 Å². The van der Waals surface area contributed by atoms with Crippen LogP contribution in [0.4, 0.5) is 5.69 Å². The smallest absolute Gasteiger partial charge is 0.337 e. The Hall–Kier alpha value is -1.55. The molecule has 1 aromatic rings. The lowest BCUT2D eigenvalue weighted by Gasteiger charge is -2.09. The van der Waals surface area contributed by atoms with E-state index in [0.717, 1.165) is 5.56 Å². The van der Waals surface area contributed by atoms with Crippen molar-refractivity contribution in [2.75, 3.05) is 25.6 Å². The minimum Gasteiger partial charge on any atom is -0.478 e. The maximum atomic E-state index is 10.9. The van der Waals surface area contributed by atoms with Crippen LogP contribution in [0, 0.1) is 6.92 Å². The van der Waals surface area contributed by atoms with Crippen LogP contribution in [-0.2, 0) is 4.74 Å². The summed E-state index contributed by atoms with van der Waals surface area (Å²) in [7, 11) is 1.61. The van der Waals surface area contributed by atoms with E-state index in [1.165, 1.54) is 0 Å². The Morgan fingerprint density at radius 2 is 2.27 bits per heavy atom. The lowest BCUT2D eigenvalue weighted by Crippen LogP contribution is -2.11. The van der Waals surface area contributed by atoms with E-state index in [9.17, 15) is 4.79 Å². The van der Waals surface area contributed by atoms with Gasteiger partial charge in [-0.2, -0.15) is 0 Å². The molecule has 0 radical (unpaired) electrons. The molecular weight excluding hydrogens is 194 g/mol. The molecule has 4 nitrogen and oxygen atoms in total. The largest absolute Gasteiger partial charge is 0.478 e. The summed E-state index contributed by atoms with van der Waals surface area (Å²) < 4.78 is 4.88. The highest BCUT2D eigenvalue weighted by Crippen LogP contribution is 2.17. The van der Waals surface area contributed by atoms with Gasteiger partial charge in [0.15, 0.2) is 0 Å². The highest BCUT2D eigenvalue weighted by Gasteiger charge is 2.08. The number of carboxylic acid groups (broad SMARTS) is 1. The molecule has 0 saturated heterocycles. The molecule has 0 aromatic heterocycles. The minimum atomic E-state index is -0.921. The standard InChI is InChI=1S/C11H15NO3/c1-8-3-4-9(11(13)14)10(7-8)12-5-6-15-2/h3-4,7,12H,5-6H2,1-2H3,(H,13,14). The molecule has 82 valence electrons. The number of aryl methyl sites for hydroxylation is 1. The summed E-state index contributed by atoms with van der Waals surface area (Å²) >= 11 is 0. The Balaban J connectivity index is 2.82. The van der Waals surface area contributed by atoms with E-state index in [4.69, 9.17) is 9.84 Å². The molecule has 15 heavy (non-hydrogen) atoms. The van der Waals surface area contributed by atoms with Gasteiger partial charge >= 0.3 is 5.97 Å². The number of anilines is 1. The van der Waals surface area contributed by atoms with E-state index in [0.29, 0.717) is 18.8 Å². The number of hydrogen-bond acceptors (Lipinski definition) is 3. The van der Waals surface area contributed by atoms with Crippen LogP contribution in [0.1, 0.15) is 15.9 Å². The van der Waals surface area contributed by atoms with E-state index in [1.54, 1.807) is 19.2 Å². The topological polar surface area (TPSA) is 58.6 Å². The molecular formula is C11H15NO3. The Labute approximate surface area is 88.9 Å². The number of carbonyl (C=O) groups is 1. The molecule has 0 unspecified atom stereocenters. The first-order valence-corrected chi connectivity index (χ1v) is 4.72. The van der Waals surface area contributed by atoms with Gasteiger partial charge in [-0.15, -0.1) is 0 Å². The fourth-order valence-corrected chi connectivity index (χ4v) is 1.28. The fourth-order valence-electron chi connectivity index (χ4n) is 1.28. The second kappa shape index (κ2) is 5.36. The van der Waals surface area contributed by atoms with Gasteiger partial charge in [0.1, 0.15) is 0 Å². The summed E-state index contributed by atoms with van der Waals surface area (Å²) in [6.45, 7) is 3.07. The van der Waals surface area contributed by atoms with Gasteiger partial charge in [0.2, 0.25) is 0 Å². The third-order valence-corrected chi connectivity index (χ3v) is 2.03. The highest BCUT2D eigenvalue weighted by atomic mass is 16.5. The number of ether oxygens (including phenoxy) is 1. The van der Waals surface area contributed by atoms with Crippen LogP contribution in [-0.4, -0.2) is 31.3 Å². The second-order valence-electron chi connectivity index (χ2n) is 3.27. The minimum absolute atomic E-state index is 0.289. The first-order chi connectivity index (χ1) is 7.15. The van der Waals surface area contributed by atoms with Gasteiger partial charge in [0.05, 0.1) is 12.2 Å². The van der Waals surface area contributed by atoms with Gasteiger partial charge in [0.25, 0.3) is 0 Å². The lowest BCUT2D eigenvalue weighted by atomic mass is 10.1. The maximum Gasteiger partial charge on any atom is 0.337 e. The van der Waals surface area contributed by atoms with E-state index >= 15 is 0 Å². The Morgan fingerprint density at radius 3 is 2.87 bits per heavy atom. The average molecular weight is 209 g/mol. The summed E-state index contributed by atoms with van der Waals surface area (Å²) in [4.78, 5) is 10.9. The molecule has 0 aliphatic rings. The van der Waals surface area contributed by atoms with Crippen LogP contribution >= 0.6 is 0 Å². The van der Waals surface area contributed by atoms with Gasteiger partial charge < -0.3 is 15.2 Å². The zero-order valence-electron chi connectivity index (χ0n) is 8.91. The third-order valence-electron chi connectivity index (χ3n) is 2.03. The predicted octanol–water partition coefficient (Wildman–Crippen LogP) is 1.75. The zero-order chi connectivity index (χ0) is 11.3. The zero-order valence-corrected chi connectivity index (χ0v) is 8.91. The number of methoxy groups -OCH3 is 1. The van der Waals surface area contributed by atoms with Crippen molar-refractivity contribution < 1.29 is 14.6 Å². The van der Waals surface area contributed by atoms with Crippen molar-refractivity contribution in [2.24, 2.45) is 0 Å². The molecule has 1 rings (SSSR count). The van der Waals surface area contributed by atoms with E-state index in [1.807, 2.05) is 13.0 Å². The van der Waals surface area contributed by atoms with Crippen LogP contribution in [0.5, 0.6) is 0 Å². The number of hydrogen-bond donors (Lipinski definition) is 2. The Kier molecular flexibility index (Phi) is 4.12. The van der Waals surface area contributed by atoms with E-state index in [2.05, 4.69) is 5.32 Å². The van der Waals surface area contributed by atoms with Gasteiger partial charge in [-0.3, -0.25) is 0 Å². The quantitative estimate of drug-likeness (QED) is 0.725. The molecule has 0 amide bonds. The Bertz CT molecular complexity index is 350. The summed E-state index contributed by atoms with van der Waals surface area (Å²) in [6, 6.07) is 5.21. The van der Waals surface area contributed by atoms with Crippen molar-refractivity contribution in [2.45, 2.75) is 6.92 Å². The number of nitrogens with one attached hydrogen (secondary N) is 1. The summed E-state index contributed by atoms with van der Waals surface area (Å²) in [5, 5.41) is 12.0. The summed E-state index contributed by atoms with van der Waals surface area (Å²) in [6.07, 6.45) is 0. The number of rotatable bonds is 5. The number of benzene rings is 1. The van der Waals surface area contributed by atoms with Gasteiger partial charge in [-0.25, -0.2) is 4.79 Å². The molecule has 2 N–H and O–H groups in total. The normalized spacial score (nSPS) is 10.0. The summed E-state index contributed by atoms with van der Waals surface area (Å²) in [5.41, 5.74) is 1.95. The van der Waals surface area contributed by atoms with Gasteiger partial charge in [0, 0.05) is 19.3 Å². The van der Waals surface area contributed by atoms with Crippen molar-refractivity contribution >= 4 is 11.7 Å². The van der Waals surface area contributed by atoms with Crippen molar-refractivity contribution in [3.63, 3.8) is 0 Å². The maximum absolute atomic E-state index is 10.9. The van der Waals surface area contributed by atoms with Gasteiger partial charge in [-0.1, -0.05) is 6.07 Å². The molecule has 0 aliphatic carbocycles. The molecule has 4 heteroatoms. The number of aromatic carboxylic acids is 1. The lowest BCUT2D eigenvalue weighted by molar-refractivity contribution is 0.0698. The molecule has 1 aromatic carbocycles. The Morgan fingerprint density at radius 1 is 1.53 bits per heavy atom. The van der Waals surface area contributed by atoms with Crippen LogP contribution in [0.2, 0.25) is 0 Å². The molecule has 0 fully saturated rings. The fraction of sp³-hybridized carbons (Fsp3) is 0.364. The molecule has 0 heterocycles.